The largest absolute Gasteiger partial charge is 0.354 e. The monoisotopic (exact) mass is 386 g/mol. The minimum atomic E-state index is -0.579. The van der Waals surface area contributed by atoms with Gasteiger partial charge in [0.05, 0.1) is 6.42 Å². The summed E-state index contributed by atoms with van der Waals surface area (Å²) >= 11 is 6.28. The molecule has 1 atom stereocenters. The van der Waals surface area contributed by atoms with E-state index < -0.39 is 6.04 Å². The number of halogens is 1. The molecule has 0 saturated heterocycles. The summed E-state index contributed by atoms with van der Waals surface area (Å²) in [6.07, 6.45) is 1.09. The molecule has 0 radical (unpaired) electrons. The molecule has 0 fully saturated rings. The van der Waals surface area contributed by atoms with E-state index in [9.17, 15) is 9.59 Å². The molecule has 2 rings (SSSR count). The van der Waals surface area contributed by atoms with E-state index in [1.807, 2.05) is 56.3 Å². The van der Waals surface area contributed by atoms with Crippen LogP contribution in [0.2, 0.25) is 5.02 Å². The molecule has 0 aliphatic rings. The zero-order chi connectivity index (χ0) is 19.8. The lowest BCUT2D eigenvalue weighted by Gasteiger charge is -2.29. The molecule has 0 aliphatic carbocycles. The first kappa shape index (κ1) is 21.0. The Bertz CT molecular complexity index is 791. The van der Waals surface area contributed by atoms with Crippen molar-refractivity contribution >= 4 is 23.4 Å². The quantitative estimate of drug-likeness (QED) is 0.741. The smallest absolute Gasteiger partial charge is 0.242 e. The van der Waals surface area contributed by atoms with Crippen LogP contribution in [0.1, 0.15) is 37.0 Å². The highest BCUT2D eigenvalue weighted by Crippen LogP contribution is 2.19. The number of benzene rings is 2. The maximum Gasteiger partial charge on any atom is 0.242 e. The summed E-state index contributed by atoms with van der Waals surface area (Å²) in [6.45, 7) is 6.64. The summed E-state index contributed by atoms with van der Waals surface area (Å²) in [6, 6.07) is 14.7. The number of hydrogen-bond donors (Lipinski definition) is 1. The van der Waals surface area contributed by atoms with Gasteiger partial charge in [0.25, 0.3) is 0 Å². The summed E-state index contributed by atoms with van der Waals surface area (Å²) < 4.78 is 0. The third-order valence-corrected chi connectivity index (χ3v) is 4.82. The lowest BCUT2D eigenvalue weighted by Crippen LogP contribution is -2.48. The van der Waals surface area contributed by atoms with Crippen molar-refractivity contribution in [3.63, 3.8) is 0 Å². The summed E-state index contributed by atoms with van der Waals surface area (Å²) in [7, 11) is 0. The highest BCUT2D eigenvalue weighted by atomic mass is 35.5. The van der Waals surface area contributed by atoms with Gasteiger partial charge in [0.2, 0.25) is 11.8 Å². The number of carbonyl (C=O) groups is 2. The number of nitrogens with one attached hydrogen (secondary N) is 1. The van der Waals surface area contributed by atoms with E-state index in [0.29, 0.717) is 18.1 Å². The molecule has 0 aliphatic heterocycles. The normalized spacial score (nSPS) is 11.7. The Morgan fingerprint density at radius 1 is 1.15 bits per heavy atom. The van der Waals surface area contributed by atoms with E-state index in [-0.39, 0.29) is 18.2 Å². The van der Waals surface area contributed by atoms with E-state index in [0.717, 1.165) is 23.1 Å². The predicted molar refractivity (Wildman–Crippen MR) is 110 cm³/mol. The fraction of sp³-hybridized carbons (Fsp3) is 0.364. The highest BCUT2D eigenvalue weighted by molar-refractivity contribution is 6.31. The molecule has 27 heavy (non-hydrogen) atoms. The van der Waals surface area contributed by atoms with Gasteiger partial charge in [-0.2, -0.15) is 0 Å². The second-order valence-electron chi connectivity index (χ2n) is 6.75. The van der Waals surface area contributed by atoms with Crippen LogP contribution in [0.4, 0.5) is 0 Å². The molecule has 2 aromatic carbocycles. The zero-order valence-corrected chi connectivity index (χ0v) is 16.9. The second-order valence-corrected chi connectivity index (χ2v) is 7.15. The fourth-order valence-corrected chi connectivity index (χ4v) is 3.08. The zero-order valence-electron chi connectivity index (χ0n) is 16.2. The van der Waals surface area contributed by atoms with Crippen LogP contribution in [0.3, 0.4) is 0 Å². The predicted octanol–water partition coefficient (Wildman–Crippen LogP) is 4.13. The van der Waals surface area contributed by atoms with E-state index in [4.69, 9.17) is 11.6 Å². The van der Waals surface area contributed by atoms with Crippen LogP contribution in [0.5, 0.6) is 0 Å². The van der Waals surface area contributed by atoms with Gasteiger partial charge in [-0.15, -0.1) is 0 Å². The Balaban J connectivity index is 2.23. The molecule has 2 amide bonds. The van der Waals surface area contributed by atoms with Crippen molar-refractivity contribution in [1.82, 2.24) is 10.2 Å². The van der Waals surface area contributed by atoms with Gasteiger partial charge in [0, 0.05) is 18.1 Å². The lowest BCUT2D eigenvalue weighted by molar-refractivity contribution is -0.140. The minimum Gasteiger partial charge on any atom is -0.354 e. The molecule has 144 valence electrons. The lowest BCUT2D eigenvalue weighted by atomic mass is 10.1. The minimum absolute atomic E-state index is 0.0975. The van der Waals surface area contributed by atoms with Gasteiger partial charge in [-0.1, -0.05) is 66.6 Å². The van der Waals surface area contributed by atoms with Crippen molar-refractivity contribution < 1.29 is 9.59 Å². The Hall–Kier alpha value is -2.33. The Morgan fingerprint density at radius 2 is 1.89 bits per heavy atom. The Kier molecular flexibility index (Phi) is 7.86. The second kappa shape index (κ2) is 10.1. The van der Waals surface area contributed by atoms with Crippen LogP contribution in [0.15, 0.2) is 48.5 Å². The van der Waals surface area contributed by atoms with Crippen molar-refractivity contribution in [3.05, 3.63) is 70.2 Å². The van der Waals surface area contributed by atoms with Gasteiger partial charge in [0.15, 0.2) is 0 Å². The summed E-state index contributed by atoms with van der Waals surface area (Å²) in [5, 5.41) is 3.46. The Labute approximate surface area is 166 Å². The molecule has 2 aromatic rings. The topological polar surface area (TPSA) is 49.4 Å². The van der Waals surface area contributed by atoms with Crippen LogP contribution in [0, 0.1) is 6.92 Å². The number of aryl methyl sites for hydroxylation is 1. The number of carbonyl (C=O) groups excluding carboxylic acids is 2. The van der Waals surface area contributed by atoms with Crippen LogP contribution < -0.4 is 5.32 Å². The molecular weight excluding hydrogens is 360 g/mol. The van der Waals surface area contributed by atoms with Gasteiger partial charge < -0.3 is 10.2 Å². The average Bonchev–Trinajstić information content (AvgIpc) is 2.64. The van der Waals surface area contributed by atoms with Gasteiger partial charge in [-0.25, -0.2) is 0 Å². The van der Waals surface area contributed by atoms with Crippen LogP contribution >= 0.6 is 11.6 Å². The van der Waals surface area contributed by atoms with Crippen molar-refractivity contribution in [3.8, 4) is 0 Å². The van der Waals surface area contributed by atoms with Crippen LogP contribution in [-0.4, -0.2) is 29.3 Å². The molecule has 0 unspecified atom stereocenters. The number of amides is 2. The first-order valence-electron chi connectivity index (χ1n) is 9.28. The first-order valence-corrected chi connectivity index (χ1v) is 9.66. The average molecular weight is 387 g/mol. The van der Waals surface area contributed by atoms with Gasteiger partial charge in [-0.05, 0) is 37.5 Å². The third kappa shape index (κ3) is 6.10. The van der Waals surface area contributed by atoms with E-state index >= 15 is 0 Å². The van der Waals surface area contributed by atoms with Gasteiger partial charge in [-0.3, -0.25) is 9.59 Å². The fourth-order valence-electron chi connectivity index (χ4n) is 2.89. The molecule has 0 bridgehead atoms. The molecule has 0 heterocycles. The third-order valence-electron chi connectivity index (χ3n) is 4.45. The summed E-state index contributed by atoms with van der Waals surface area (Å²) in [4.78, 5) is 27.2. The maximum atomic E-state index is 13.1. The molecule has 4 nitrogen and oxygen atoms in total. The van der Waals surface area contributed by atoms with E-state index in [1.54, 1.807) is 17.9 Å². The van der Waals surface area contributed by atoms with E-state index in [1.165, 1.54) is 0 Å². The van der Waals surface area contributed by atoms with Gasteiger partial charge in [0.1, 0.15) is 6.04 Å². The SMILES string of the molecule is CCCNC(=O)[C@@H](C)N(Cc1ccccc1Cl)C(=O)Cc1cccc(C)c1. The van der Waals surface area contributed by atoms with Crippen molar-refractivity contribution in [2.75, 3.05) is 6.54 Å². The molecule has 0 saturated carbocycles. The summed E-state index contributed by atoms with van der Waals surface area (Å²) in [5.41, 5.74) is 2.86. The number of nitrogens with zero attached hydrogens (tertiary/aromatic N) is 1. The molecule has 0 aromatic heterocycles. The van der Waals surface area contributed by atoms with E-state index in [2.05, 4.69) is 5.32 Å². The maximum absolute atomic E-state index is 13.1. The molecular formula is C22H27ClN2O2. The van der Waals surface area contributed by atoms with Crippen LogP contribution in [0.25, 0.3) is 0 Å². The van der Waals surface area contributed by atoms with Crippen molar-refractivity contribution in [2.45, 2.75) is 46.2 Å². The molecule has 0 spiro atoms. The van der Waals surface area contributed by atoms with Crippen molar-refractivity contribution in [1.29, 1.82) is 0 Å². The van der Waals surface area contributed by atoms with Gasteiger partial charge >= 0.3 is 0 Å². The van der Waals surface area contributed by atoms with Crippen molar-refractivity contribution in [2.24, 2.45) is 0 Å². The molecule has 5 heteroatoms. The number of hydrogen-bond acceptors (Lipinski definition) is 2. The molecule has 1 N–H and O–H groups in total. The standard InChI is InChI=1S/C22H27ClN2O2/c1-4-12-24-22(27)17(3)25(15-19-10-5-6-11-20(19)23)21(26)14-18-9-7-8-16(2)13-18/h5-11,13,17H,4,12,14-15H2,1-3H3,(H,24,27)/t17-/m1/s1. The Morgan fingerprint density at radius 3 is 2.56 bits per heavy atom. The highest BCUT2D eigenvalue weighted by Gasteiger charge is 2.26. The number of rotatable bonds is 8. The first-order chi connectivity index (χ1) is 12.9. The summed E-state index contributed by atoms with van der Waals surface area (Å²) in [5.74, 6) is -0.249. The van der Waals surface area contributed by atoms with Crippen LogP contribution in [-0.2, 0) is 22.6 Å².